The lowest BCUT2D eigenvalue weighted by atomic mass is 9.95. The van der Waals surface area contributed by atoms with Gasteiger partial charge in [0.25, 0.3) is 5.91 Å². The fourth-order valence-corrected chi connectivity index (χ4v) is 2.34. The summed E-state index contributed by atoms with van der Waals surface area (Å²) in [6.07, 6.45) is -4.60. The van der Waals surface area contributed by atoms with E-state index < -0.39 is 23.8 Å². The standard InChI is InChI=1S/C14H12F4N2O/c15-12-7-9(8-19)1-2-11(12)13(21)20-5-3-10(4-6-20)14(16,17)18/h1-2,7,10H,3-6H2. The molecule has 21 heavy (non-hydrogen) atoms. The lowest BCUT2D eigenvalue weighted by Crippen LogP contribution is -2.42. The van der Waals surface area contributed by atoms with Crippen LogP contribution < -0.4 is 0 Å². The molecule has 0 radical (unpaired) electrons. The summed E-state index contributed by atoms with van der Waals surface area (Å²) in [5, 5.41) is 8.63. The van der Waals surface area contributed by atoms with Crippen molar-refractivity contribution in [3.05, 3.63) is 35.1 Å². The van der Waals surface area contributed by atoms with E-state index in [4.69, 9.17) is 5.26 Å². The van der Waals surface area contributed by atoms with Crippen LogP contribution in [-0.4, -0.2) is 30.1 Å². The van der Waals surface area contributed by atoms with Gasteiger partial charge in [0.2, 0.25) is 0 Å². The zero-order valence-electron chi connectivity index (χ0n) is 11.0. The fraction of sp³-hybridized carbons (Fsp3) is 0.429. The third-order valence-electron chi connectivity index (χ3n) is 3.57. The van der Waals surface area contributed by atoms with Gasteiger partial charge in [-0.3, -0.25) is 4.79 Å². The van der Waals surface area contributed by atoms with Crippen LogP contribution in [0, 0.1) is 23.1 Å². The number of carbonyl (C=O) groups excluding carboxylic acids is 1. The fourth-order valence-electron chi connectivity index (χ4n) is 2.34. The van der Waals surface area contributed by atoms with Gasteiger partial charge in [-0.25, -0.2) is 4.39 Å². The van der Waals surface area contributed by atoms with Crippen LogP contribution in [0.5, 0.6) is 0 Å². The van der Waals surface area contributed by atoms with Crippen LogP contribution >= 0.6 is 0 Å². The highest BCUT2D eigenvalue weighted by Crippen LogP contribution is 2.34. The molecule has 0 saturated carbocycles. The average Bonchev–Trinajstić information content (AvgIpc) is 2.45. The maximum atomic E-state index is 13.7. The molecule has 1 saturated heterocycles. The number of halogens is 4. The zero-order chi connectivity index (χ0) is 15.6. The van der Waals surface area contributed by atoms with Crippen molar-refractivity contribution in [2.75, 3.05) is 13.1 Å². The molecule has 1 fully saturated rings. The van der Waals surface area contributed by atoms with E-state index in [1.54, 1.807) is 6.07 Å². The molecule has 1 aliphatic rings. The Morgan fingerprint density at radius 2 is 1.90 bits per heavy atom. The van der Waals surface area contributed by atoms with Crippen molar-refractivity contribution < 1.29 is 22.4 Å². The van der Waals surface area contributed by atoms with Crippen molar-refractivity contribution in [2.45, 2.75) is 19.0 Å². The molecule has 1 heterocycles. The molecule has 0 aliphatic carbocycles. The van der Waals surface area contributed by atoms with Gasteiger partial charge in [-0.2, -0.15) is 18.4 Å². The van der Waals surface area contributed by atoms with E-state index in [1.807, 2.05) is 0 Å². The summed E-state index contributed by atoms with van der Waals surface area (Å²) in [4.78, 5) is 13.3. The molecule has 7 heteroatoms. The topological polar surface area (TPSA) is 44.1 Å². The first kappa shape index (κ1) is 15.3. The predicted molar refractivity (Wildman–Crippen MR) is 65.8 cm³/mol. The quantitative estimate of drug-likeness (QED) is 0.748. The lowest BCUT2D eigenvalue weighted by Gasteiger charge is -2.33. The number of nitrogens with zero attached hydrogens (tertiary/aromatic N) is 2. The second-order valence-corrected chi connectivity index (χ2v) is 4.91. The average molecular weight is 300 g/mol. The Hall–Kier alpha value is -2.10. The molecule has 2 rings (SSSR count). The summed E-state index contributed by atoms with van der Waals surface area (Å²) in [7, 11) is 0. The molecule has 0 unspecified atom stereocenters. The Labute approximate surface area is 118 Å². The van der Waals surface area contributed by atoms with Gasteiger partial charge < -0.3 is 4.90 Å². The van der Waals surface area contributed by atoms with Gasteiger partial charge in [-0.1, -0.05) is 0 Å². The maximum Gasteiger partial charge on any atom is 0.391 e. The number of likely N-dealkylation sites (tertiary alicyclic amines) is 1. The largest absolute Gasteiger partial charge is 0.391 e. The predicted octanol–water partition coefficient (Wildman–Crippen LogP) is 3.11. The molecule has 0 spiro atoms. The number of carbonyl (C=O) groups is 1. The number of rotatable bonds is 1. The van der Waals surface area contributed by atoms with Crippen molar-refractivity contribution in [1.29, 1.82) is 5.26 Å². The number of amides is 1. The van der Waals surface area contributed by atoms with Gasteiger partial charge >= 0.3 is 6.18 Å². The zero-order valence-corrected chi connectivity index (χ0v) is 11.0. The van der Waals surface area contributed by atoms with Crippen molar-refractivity contribution >= 4 is 5.91 Å². The Morgan fingerprint density at radius 1 is 1.29 bits per heavy atom. The Kier molecular flexibility index (Phi) is 4.16. The summed E-state index contributed by atoms with van der Waals surface area (Å²) >= 11 is 0. The van der Waals surface area contributed by atoms with Gasteiger partial charge in [0, 0.05) is 13.1 Å². The smallest absolute Gasteiger partial charge is 0.339 e. The van der Waals surface area contributed by atoms with Crippen LogP contribution in [0.4, 0.5) is 17.6 Å². The number of hydrogen-bond acceptors (Lipinski definition) is 2. The van der Waals surface area contributed by atoms with Crippen molar-refractivity contribution in [3.63, 3.8) is 0 Å². The summed E-state index contributed by atoms with van der Waals surface area (Å²) in [6.45, 7) is -0.106. The number of piperidine rings is 1. The molecule has 0 atom stereocenters. The molecule has 1 aromatic carbocycles. The van der Waals surface area contributed by atoms with Crippen LogP contribution in [0.1, 0.15) is 28.8 Å². The van der Waals surface area contributed by atoms with Gasteiger partial charge in [0.1, 0.15) is 5.82 Å². The Morgan fingerprint density at radius 3 is 2.38 bits per heavy atom. The molecular weight excluding hydrogens is 288 g/mol. The first-order chi connectivity index (χ1) is 9.82. The summed E-state index contributed by atoms with van der Waals surface area (Å²) in [5.41, 5.74) is -0.140. The third kappa shape index (κ3) is 3.32. The third-order valence-corrected chi connectivity index (χ3v) is 3.57. The number of nitriles is 1. The highest BCUT2D eigenvalue weighted by molar-refractivity contribution is 5.94. The highest BCUT2D eigenvalue weighted by Gasteiger charge is 2.41. The van der Waals surface area contributed by atoms with Crippen molar-refractivity contribution in [2.24, 2.45) is 5.92 Å². The van der Waals surface area contributed by atoms with Crippen molar-refractivity contribution in [3.8, 4) is 6.07 Å². The lowest BCUT2D eigenvalue weighted by molar-refractivity contribution is -0.183. The summed E-state index contributed by atoms with van der Waals surface area (Å²) < 4.78 is 51.4. The highest BCUT2D eigenvalue weighted by atomic mass is 19.4. The molecule has 0 bridgehead atoms. The summed E-state index contributed by atoms with van der Waals surface area (Å²) in [5.74, 6) is -2.89. The van der Waals surface area contributed by atoms with Crippen LogP contribution in [-0.2, 0) is 0 Å². The normalized spacial score (nSPS) is 16.6. The number of benzene rings is 1. The van der Waals surface area contributed by atoms with Gasteiger partial charge in [0.05, 0.1) is 23.1 Å². The molecule has 112 valence electrons. The van der Waals surface area contributed by atoms with Gasteiger partial charge in [-0.05, 0) is 31.0 Å². The van der Waals surface area contributed by atoms with Crippen LogP contribution in [0.25, 0.3) is 0 Å². The van der Waals surface area contributed by atoms with Gasteiger partial charge in [-0.15, -0.1) is 0 Å². The van der Waals surface area contributed by atoms with Crippen LogP contribution in [0.15, 0.2) is 18.2 Å². The number of hydrogen-bond donors (Lipinski definition) is 0. The van der Waals surface area contributed by atoms with E-state index in [-0.39, 0.29) is 37.1 Å². The van der Waals surface area contributed by atoms with E-state index in [1.165, 1.54) is 17.0 Å². The van der Waals surface area contributed by atoms with E-state index >= 15 is 0 Å². The minimum absolute atomic E-state index is 0.0531. The summed E-state index contributed by atoms with van der Waals surface area (Å²) in [6, 6.07) is 5.18. The van der Waals surface area contributed by atoms with E-state index in [0.29, 0.717) is 0 Å². The minimum Gasteiger partial charge on any atom is -0.339 e. The van der Waals surface area contributed by atoms with E-state index in [0.717, 1.165) is 6.07 Å². The minimum atomic E-state index is -4.26. The van der Waals surface area contributed by atoms with E-state index in [2.05, 4.69) is 0 Å². The van der Waals surface area contributed by atoms with Crippen molar-refractivity contribution in [1.82, 2.24) is 4.90 Å². The van der Waals surface area contributed by atoms with Gasteiger partial charge in [0.15, 0.2) is 0 Å². The molecule has 3 nitrogen and oxygen atoms in total. The second kappa shape index (κ2) is 5.72. The Balaban J connectivity index is 2.08. The maximum absolute atomic E-state index is 13.7. The number of alkyl halides is 3. The molecule has 1 aliphatic heterocycles. The van der Waals surface area contributed by atoms with Crippen LogP contribution in [0.3, 0.4) is 0 Å². The molecule has 0 N–H and O–H groups in total. The molecule has 1 amide bonds. The first-order valence-electron chi connectivity index (χ1n) is 6.38. The first-order valence-corrected chi connectivity index (χ1v) is 6.38. The molecular formula is C14H12F4N2O. The monoisotopic (exact) mass is 300 g/mol. The van der Waals surface area contributed by atoms with Crippen LogP contribution in [0.2, 0.25) is 0 Å². The Bertz CT molecular complexity index is 584. The SMILES string of the molecule is N#Cc1ccc(C(=O)N2CCC(C(F)(F)F)CC2)c(F)c1. The second-order valence-electron chi connectivity index (χ2n) is 4.91. The van der Waals surface area contributed by atoms with E-state index in [9.17, 15) is 22.4 Å². The molecule has 0 aromatic heterocycles. The molecule has 1 aromatic rings.